The van der Waals surface area contributed by atoms with Gasteiger partial charge in [0.25, 0.3) is 0 Å². The van der Waals surface area contributed by atoms with Crippen LogP contribution in [0.2, 0.25) is 0 Å². The predicted molar refractivity (Wildman–Crippen MR) is 49.9 cm³/mol. The summed E-state index contributed by atoms with van der Waals surface area (Å²) < 4.78 is 18.9. The normalized spacial score (nSPS) is 9.92. The first-order chi connectivity index (χ1) is 5.74. The van der Waals surface area contributed by atoms with Crippen LogP contribution in [-0.4, -0.2) is 6.61 Å². The first-order valence-corrected chi connectivity index (χ1v) is 4.61. The molecule has 1 rings (SSSR count). The lowest BCUT2D eigenvalue weighted by atomic mass is 10.3. The van der Waals surface area contributed by atoms with Crippen LogP contribution in [0, 0.1) is 5.82 Å². The van der Waals surface area contributed by atoms with Gasteiger partial charge >= 0.3 is 0 Å². The highest BCUT2D eigenvalue weighted by Gasteiger charge is 2.01. The minimum Gasteiger partial charge on any atom is -0.491 e. The zero-order valence-electron chi connectivity index (χ0n) is 6.81. The standard InChI is InChI=1S/C9H10BrFO/c1-2-5-12-9-4-3-7(10)6-8(9)11/h3-4,6H,2,5H2,1H3. The van der Waals surface area contributed by atoms with Crippen LogP contribution in [0.15, 0.2) is 22.7 Å². The fourth-order valence-electron chi connectivity index (χ4n) is 0.804. The Morgan fingerprint density at radius 3 is 2.83 bits per heavy atom. The molecule has 0 fully saturated rings. The summed E-state index contributed by atoms with van der Waals surface area (Å²) in [4.78, 5) is 0. The molecule has 1 aromatic rings. The molecular weight excluding hydrogens is 223 g/mol. The first kappa shape index (κ1) is 9.52. The van der Waals surface area contributed by atoms with Crippen molar-refractivity contribution in [2.45, 2.75) is 13.3 Å². The Balaban J connectivity index is 2.72. The number of rotatable bonds is 3. The van der Waals surface area contributed by atoms with Crippen molar-refractivity contribution in [2.75, 3.05) is 6.61 Å². The number of hydrogen-bond donors (Lipinski definition) is 0. The molecule has 3 heteroatoms. The van der Waals surface area contributed by atoms with Gasteiger partial charge in [0.05, 0.1) is 6.61 Å². The van der Waals surface area contributed by atoms with Gasteiger partial charge in [-0.15, -0.1) is 0 Å². The highest BCUT2D eigenvalue weighted by atomic mass is 79.9. The van der Waals surface area contributed by atoms with Crippen LogP contribution in [0.1, 0.15) is 13.3 Å². The molecule has 0 aliphatic heterocycles. The fourth-order valence-corrected chi connectivity index (χ4v) is 1.14. The maximum atomic E-state index is 13.0. The van der Waals surface area contributed by atoms with Crippen LogP contribution in [0.4, 0.5) is 4.39 Å². The van der Waals surface area contributed by atoms with E-state index >= 15 is 0 Å². The van der Waals surface area contributed by atoms with Crippen LogP contribution in [-0.2, 0) is 0 Å². The van der Waals surface area contributed by atoms with Crippen LogP contribution in [0.25, 0.3) is 0 Å². The van der Waals surface area contributed by atoms with E-state index < -0.39 is 0 Å². The van der Waals surface area contributed by atoms with Crippen LogP contribution in [0.3, 0.4) is 0 Å². The average Bonchev–Trinajstić information content (AvgIpc) is 2.03. The maximum Gasteiger partial charge on any atom is 0.166 e. The van der Waals surface area contributed by atoms with E-state index in [0.717, 1.165) is 10.9 Å². The third-order valence-electron chi connectivity index (χ3n) is 1.36. The Morgan fingerprint density at radius 1 is 1.50 bits per heavy atom. The van der Waals surface area contributed by atoms with Gasteiger partial charge in [0.2, 0.25) is 0 Å². The molecule has 0 N–H and O–H groups in total. The second-order valence-corrected chi connectivity index (χ2v) is 3.34. The smallest absolute Gasteiger partial charge is 0.166 e. The predicted octanol–water partition coefficient (Wildman–Crippen LogP) is 3.38. The maximum absolute atomic E-state index is 13.0. The molecular formula is C9H10BrFO. The average molecular weight is 233 g/mol. The Hall–Kier alpha value is -0.570. The molecule has 0 radical (unpaired) electrons. The fraction of sp³-hybridized carbons (Fsp3) is 0.333. The summed E-state index contributed by atoms with van der Waals surface area (Å²) in [6, 6.07) is 4.77. The minimum atomic E-state index is -0.321. The minimum absolute atomic E-state index is 0.319. The van der Waals surface area contributed by atoms with Gasteiger partial charge in [-0.05, 0) is 24.6 Å². The van der Waals surface area contributed by atoms with Gasteiger partial charge in [-0.1, -0.05) is 22.9 Å². The van der Waals surface area contributed by atoms with Crippen LogP contribution >= 0.6 is 15.9 Å². The van der Waals surface area contributed by atoms with E-state index in [1.54, 1.807) is 12.1 Å². The molecule has 0 saturated heterocycles. The van der Waals surface area contributed by atoms with Gasteiger partial charge < -0.3 is 4.74 Å². The van der Waals surface area contributed by atoms with Crippen molar-refractivity contribution in [3.05, 3.63) is 28.5 Å². The second kappa shape index (κ2) is 4.45. The van der Waals surface area contributed by atoms with E-state index in [1.807, 2.05) is 6.92 Å². The Labute approximate surface area is 79.7 Å². The molecule has 0 aromatic heterocycles. The van der Waals surface area contributed by atoms with E-state index in [9.17, 15) is 4.39 Å². The summed E-state index contributed by atoms with van der Waals surface area (Å²) in [5.74, 6) is -0.00197. The van der Waals surface area contributed by atoms with Crippen molar-refractivity contribution in [1.29, 1.82) is 0 Å². The van der Waals surface area contributed by atoms with Crippen molar-refractivity contribution in [3.63, 3.8) is 0 Å². The zero-order valence-corrected chi connectivity index (χ0v) is 8.40. The summed E-state index contributed by atoms with van der Waals surface area (Å²) in [5.41, 5.74) is 0. The van der Waals surface area contributed by atoms with Crippen molar-refractivity contribution in [3.8, 4) is 5.75 Å². The third-order valence-corrected chi connectivity index (χ3v) is 1.85. The van der Waals surface area contributed by atoms with Gasteiger partial charge in [-0.25, -0.2) is 4.39 Å². The molecule has 0 amide bonds. The largest absolute Gasteiger partial charge is 0.491 e. The van der Waals surface area contributed by atoms with Gasteiger partial charge in [0, 0.05) is 4.47 Å². The molecule has 66 valence electrons. The van der Waals surface area contributed by atoms with E-state index in [2.05, 4.69) is 15.9 Å². The van der Waals surface area contributed by atoms with Gasteiger partial charge in [-0.3, -0.25) is 0 Å². The number of benzene rings is 1. The van der Waals surface area contributed by atoms with E-state index in [-0.39, 0.29) is 5.82 Å². The van der Waals surface area contributed by atoms with Crippen molar-refractivity contribution >= 4 is 15.9 Å². The molecule has 0 saturated carbocycles. The summed E-state index contributed by atoms with van der Waals surface area (Å²) >= 11 is 3.17. The van der Waals surface area contributed by atoms with E-state index in [1.165, 1.54) is 6.07 Å². The Morgan fingerprint density at radius 2 is 2.25 bits per heavy atom. The molecule has 1 nitrogen and oxygen atoms in total. The zero-order chi connectivity index (χ0) is 8.97. The van der Waals surface area contributed by atoms with Gasteiger partial charge in [0.1, 0.15) is 0 Å². The molecule has 1 aromatic carbocycles. The number of hydrogen-bond acceptors (Lipinski definition) is 1. The number of halogens is 2. The Bertz CT molecular complexity index is 263. The van der Waals surface area contributed by atoms with Crippen LogP contribution < -0.4 is 4.74 Å². The molecule has 0 atom stereocenters. The van der Waals surface area contributed by atoms with E-state index in [0.29, 0.717) is 12.4 Å². The van der Waals surface area contributed by atoms with E-state index in [4.69, 9.17) is 4.74 Å². The summed E-state index contributed by atoms with van der Waals surface area (Å²) in [7, 11) is 0. The van der Waals surface area contributed by atoms with Crippen molar-refractivity contribution in [1.82, 2.24) is 0 Å². The molecule has 0 spiro atoms. The topological polar surface area (TPSA) is 9.23 Å². The summed E-state index contributed by atoms with van der Waals surface area (Å²) in [6.07, 6.45) is 0.884. The molecule has 0 bridgehead atoms. The highest BCUT2D eigenvalue weighted by Crippen LogP contribution is 2.21. The van der Waals surface area contributed by atoms with Crippen LogP contribution in [0.5, 0.6) is 5.75 Å². The second-order valence-electron chi connectivity index (χ2n) is 2.42. The summed E-state index contributed by atoms with van der Waals surface area (Å²) in [5, 5.41) is 0. The van der Waals surface area contributed by atoms with Gasteiger partial charge in [-0.2, -0.15) is 0 Å². The molecule has 12 heavy (non-hydrogen) atoms. The lowest BCUT2D eigenvalue weighted by molar-refractivity contribution is 0.301. The highest BCUT2D eigenvalue weighted by molar-refractivity contribution is 9.10. The molecule has 0 aliphatic carbocycles. The Kier molecular flexibility index (Phi) is 3.53. The lowest BCUT2D eigenvalue weighted by Gasteiger charge is -2.04. The SMILES string of the molecule is CCCOc1ccc(Br)cc1F. The molecule has 0 aliphatic rings. The van der Waals surface area contributed by atoms with Gasteiger partial charge in [0.15, 0.2) is 11.6 Å². The third kappa shape index (κ3) is 2.48. The number of ether oxygens (including phenoxy) is 1. The first-order valence-electron chi connectivity index (χ1n) is 3.82. The monoisotopic (exact) mass is 232 g/mol. The lowest BCUT2D eigenvalue weighted by Crippen LogP contribution is -1.96. The molecule has 0 unspecified atom stereocenters. The van der Waals surface area contributed by atoms with Crippen molar-refractivity contribution < 1.29 is 9.13 Å². The van der Waals surface area contributed by atoms with Crippen molar-refractivity contribution in [2.24, 2.45) is 0 Å². The summed E-state index contributed by atoms with van der Waals surface area (Å²) in [6.45, 7) is 2.54. The quantitative estimate of drug-likeness (QED) is 0.777. The molecule has 0 heterocycles.